The quantitative estimate of drug-likeness (QED) is 0.871. The number of nitrogens with two attached hydrogens (primary N) is 1. The highest BCUT2D eigenvalue weighted by Crippen LogP contribution is 2.23. The van der Waals surface area contributed by atoms with Crippen LogP contribution in [0.25, 0.3) is 0 Å². The zero-order valence-electron chi connectivity index (χ0n) is 9.90. The van der Waals surface area contributed by atoms with Gasteiger partial charge in [0.2, 0.25) is 10.0 Å². The number of sulfonamides is 1. The Balaban J connectivity index is 3.14. The second-order valence-corrected chi connectivity index (χ2v) is 6.44. The molecule has 0 heterocycles. The van der Waals surface area contributed by atoms with Crippen molar-refractivity contribution in [2.45, 2.75) is 37.8 Å². The average molecular weight is 321 g/mol. The van der Waals surface area contributed by atoms with Gasteiger partial charge in [-0.15, -0.1) is 0 Å². The summed E-state index contributed by atoms with van der Waals surface area (Å²) in [6.07, 6.45) is 0.743. The van der Waals surface area contributed by atoms with Gasteiger partial charge in [-0.2, -0.15) is 0 Å². The molecule has 96 valence electrons. The third-order valence-corrected chi connectivity index (χ3v) is 5.07. The van der Waals surface area contributed by atoms with Crippen molar-refractivity contribution in [2.75, 3.05) is 0 Å². The minimum atomic E-state index is -3.49. The van der Waals surface area contributed by atoms with Gasteiger partial charge < -0.3 is 5.73 Å². The molecule has 3 N–H and O–H groups in total. The topological polar surface area (TPSA) is 72.2 Å². The summed E-state index contributed by atoms with van der Waals surface area (Å²) in [6.45, 7) is 4.08. The van der Waals surface area contributed by atoms with Gasteiger partial charge in [0.15, 0.2) is 0 Å². The first kappa shape index (κ1) is 14.6. The van der Waals surface area contributed by atoms with Gasteiger partial charge in [-0.3, -0.25) is 0 Å². The summed E-state index contributed by atoms with van der Waals surface area (Å²) >= 11 is 3.25. The Bertz CT molecular complexity index is 488. The van der Waals surface area contributed by atoms with Crippen molar-refractivity contribution < 1.29 is 8.42 Å². The predicted octanol–water partition coefficient (Wildman–Crippen LogP) is 1.98. The second kappa shape index (κ2) is 5.95. The summed E-state index contributed by atoms with van der Waals surface area (Å²) in [6, 6.07) is 5.00. The molecule has 1 unspecified atom stereocenters. The Hall–Kier alpha value is -0.430. The van der Waals surface area contributed by atoms with Crippen LogP contribution in [0.1, 0.15) is 25.8 Å². The van der Waals surface area contributed by atoms with E-state index in [-0.39, 0.29) is 10.9 Å². The summed E-state index contributed by atoms with van der Waals surface area (Å²) in [5, 5.41) is 0. The van der Waals surface area contributed by atoms with E-state index in [1.165, 1.54) is 0 Å². The number of benzene rings is 1. The van der Waals surface area contributed by atoms with Crippen molar-refractivity contribution in [3.63, 3.8) is 0 Å². The van der Waals surface area contributed by atoms with Gasteiger partial charge >= 0.3 is 0 Å². The molecule has 0 amide bonds. The van der Waals surface area contributed by atoms with Gasteiger partial charge in [0.1, 0.15) is 0 Å². The van der Waals surface area contributed by atoms with Gasteiger partial charge in [-0.05, 0) is 47.0 Å². The Kier molecular flexibility index (Phi) is 5.12. The maximum atomic E-state index is 12.1. The minimum Gasteiger partial charge on any atom is -0.326 e. The third-order valence-electron chi connectivity index (χ3n) is 2.49. The van der Waals surface area contributed by atoms with E-state index in [0.717, 1.165) is 12.0 Å². The maximum Gasteiger partial charge on any atom is 0.241 e. The van der Waals surface area contributed by atoms with Crippen molar-refractivity contribution in [3.8, 4) is 0 Å². The highest BCUT2D eigenvalue weighted by molar-refractivity contribution is 9.10. The van der Waals surface area contributed by atoms with E-state index in [1.54, 1.807) is 18.2 Å². The van der Waals surface area contributed by atoms with E-state index in [0.29, 0.717) is 11.0 Å². The number of hydrogen-bond acceptors (Lipinski definition) is 3. The highest BCUT2D eigenvalue weighted by Gasteiger charge is 2.19. The van der Waals surface area contributed by atoms with Crippen LogP contribution in [-0.4, -0.2) is 14.5 Å². The van der Waals surface area contributed by atoms with Crippen LogP contribution in [0.15, 0.2) is 27.6 Å². The SMILES string of the molecule is CCC(C)NS(=O)(=O)c1cc(CN)ccc1Br. The molecule has 0 saturated carbocycles. The van der Waals surface area contributed by atoms with Crippen molar-refractivity contribution >= 4 is 26.0 Å². The largest absolute Gasteiger partial charge is 0.326 e. The Morgan fingerprint density at radius 2 is 2.12 bits per heavy atom. The Morgan fingerprint density at radius 1 is 1.47 bits per heavy atom. The number of halogens is 1. The first-order valence-electron chi connectivity index (χ1n) is 5.41. The molecule has 0 aliphatic heterocycles. The van der Waals surface area contributed by atoms with E-state index in [2.05, 4.69) is 20.7 Å². The van der Waals surface area contributed by atoms with Crippen molar-refractivity contribution in [1.29, 1.82) is 0 Å². The fourth-order valence-corrected chi connectivity index (χ4v) is 3.63. The maximum absolute atomic E-state index is 12.1. The summed E-state index contributed by atoms with van der Waals surface area (Å²) in [4.78, 5) is 0.237. The summed E-state index contributed by atoms with van der Waals surface area (Å²) in [7, 11) is -3.49. The predicted molar refractivity (Wildman–Crippen MR) is 72.1 cm³/mol. The van der Waals surface area contributed by atoms with E-state index < -0.39 is 10.0 Å². The average Bonchev–Trinajstić information content (AvgIpc) is 2.28. The van der Waals surface area contributed by atoms with Gasteiger partial charge in [-0.25, -0.2) is 13.1 Å². The molecule has 4 nitrogen and oxygen atoms in total. The zero-order chi connectivity index (χ0) is 13.1. The lowest BCUT2D eigenvalue weighted by Crippen LogP contribution is -2.32. The molecule has 0 aliphatic rings. The molecule has 0 fully saturated rings. The molecule has 0 radical (unpaired) electrons. The van der Waals surface area contributed by atoms with Gasteiger partial charge in [-0.1, -0.05) is 13.0 Å². The highest BCUT2D eigenvalue weighted by atomic mass is 79.9. The molecule has 17 heavy (non-hydrogen) atoms. The molecule has 0 bridgehead atoms. The van der Waals surface area contributed by atoms with E-state index in [4.69, 9.17) is 5.73 Å². The number of hydrogen-bond donors (Lipinski definition) is 2. The van der Waals surface area contributed by atoms with Crippen LogP contribution in [0.4, 0.5) is 0 Å². The van der Waals surface area contributed by atoms with E-state index in [1.807, 2.05) is 13.8 Å². The fourth-order valence-electron chi connectivity index (χ4n) is 1.29. The lowest BCUT2D eigenvalue weighted by atomic mass is 10.2. The molecule has 1 aromatic rings. The van der Waals surface area contributed by atoms with Gasteiger partial charge in [0.25, 0.3) is 0 Å². The minimum absolute atomic E-state index is 0.0894. The van der Waals surface area contributed by atoms with Gasteiger partial charge in [0.05, 0.1) is 4.90 Å². The van der Waals surface area contributed by atoms with Crippen LogP contribution in [0.5, 0.6) is 0 Å². The van der Waals surface area contributed by atoms with Crippen LogP contribution in [0, 0.1) is 0 Å². The second-order valence-electron chi connectivity index (χ2n) is 3.90. The normalized spacial score (nSPS) is 13.6. The fraction of sp³-hybridized carbons (Fsp3) is 0.455. The summed E-state index contributed by atoms with van der Waals surface area (Å²) in [5.74, 6) is 0. The molecule has 6 heteroatoms. The first-order chi connectivity index (χ1) is 7.90. The van der Waals surface area contributed by atoms with Crippen molar-refractivity contribution in [3.05, 3.63) is 28.2 Å². The van der Waals surface area contributed by atoms with E-state index >= 15 is 0 Å². The Labute approximate surface area is 111 Å². The molecular formula is C11H17BrN2O2S. The number of nitrogens with one attached hydrogen (secondary N) is 1. The van der Waals surface area contributed by atoms with Crippen LogP contribution >= 0.6 is 15.9 Å². The molecule has 1 aromatic carbocycles. The standard InChI is InChI=1S/C11H17BrN2O2S/c1-3-8(2)14-17(15,16)11-6-9(7-13)4-5-10(11)12/h4-6,8,14H,3,7,13H2,1-2H3. The lowest BCUT2D eigenvalue weighted by Gasteiger charge is -2.13. The van der Waals surface area contributed by atoms with Crippen LogP contribution in [0.3, 0.4) is 0 Å². The molecule has 1 rings (SSSR count). The van der Waals surface area contributed by atoms with Crippen LogP contribution < -0.4 is 10.5 Å². The van der Waals surface area contributed by atoms with Crippen molar-refractivity contribution in [1.82, 2.24) is 4.72 Å². The first-order valence-corrected chi connectivity index (χ1v) is 7.69. The summed E-state index contributed by atoms with van der Waals surface area (Å²) in [5.41, 5.74) is 6.30. The lowest BCUT2D eigenvalue weighted by molar-refractivity contribution is 0.555. The molecule has 0 aliphatic carbocycles. The number of rotatable bonds is 5. The van der Waals surface area contributed by atoms with Gasteiger partial charge in [0, 0.05) is 17.1 Å². The summed E-state index contributed by atoms with van der Waals surface area (Å²) < 4.78 is 27.4. The molecule has 0 aromatic heterocycles. The van der Waals surface area contributed by atoms with Crippen LogP contribution in [-0.2, 0) is 16.6 Å². The smallest absolute Gasteiger partial charge is 0.241 e. The molecule has 0 saturated heterocycles. The molecule has 1 atom stereocenters. The zero-order valence-corrected chi connectivity index (χ0v) is 12.3. The molecule has 0 spiro atoms. The van der Waals surface area contributed by atoms with Crippen molar-refractivity contribution in [2.24, 2.45) is 5.73 Å². The van der Waals surface area contributed by atoms with E-state index in [9.17, 15) is 8.42 Å². The molecular weight excluding hydrogens is 304 g/mol. The van der Waals surface area contributed by atoms with Crippen LogP contribution in [0.2, 0.25) is 0 Å². The Morgan fingerprint density at radius 3 is 2.65 bits per heavy atom. The third kappa shape index (κ3) is 3.77. The monoisotopic (exact) mass is 320 g/mol.